The van der Waals surface area contributed by atoms with Crippen LogP contribution in [0.1, 0.15) is 11.1 Å². The largest absolute Gasteiger partial charge is 0.325 e. The lowest BCUT2D eigenvalue weighted by atomic mass is 10.1. The number of anilines is 1. The summed E-state index contributed by atoms with van der Waals surface area (Å²) in [5, 5.41) is 12.5. The molecule has 0 aliphatic rings. The maximum Gasteiger partial charge on any atom is 0.234 e. The first-order valence-corrected chi connectivity index (χ1v) is 11.6. The second-order valence-electron chi connectivity index (χ2n) is 7.14. The first-order valence-electron chi connectivity index (χ1n) is 9.78. The van der Waals surface area contributed by atoms with Gasteiger partial charge in [0.1, 0.15) is 0 Å². The van der Waals surface area contributed by atoms with Gasteiger partial charge in [0.05, 0.1) is 5.75 Å². The highest BCUT2D eigenvalue weighted by atomic mass is 79.9. The zero-order valence-electron chi connectivity index (χ0n) is 17.2. The third kappa shape index (κ3) is 5.06. The zero-order chi connectivity index (χ0) is 21.8. The Hall–Kier alpha value is -2.90. The molecule has 0 radical (unpaired) electrons. The predicted molar refractivity (Wildman–Crippen MR) is 130 cm³/mol. The Morgan fingerprint density at radius 2 is 1.81 bits per heavy atom. The molecular weight excluding hydrogens is 472 g/mol. The van der Waals surface area contributed by atoms with Crippen LogP contribution < -0.4 is 5.32 Å². The molecule has 1 N–H and O–H groups in total. The Bertz CT molecular complexity index is 1220. The smallest absolute Gasteiger partial charge is 0.234 e. The van der Waals surface area contributed by atoms with E-state index in [0.29, 0.717) is 5.16 Å². The van der Waals surface area contributed by atoms with E-state index in [1.54, 1.807) is 0 Å². The monoisotopic (exact) mass is 492 g/mol. The van der Waals surface area contributed by atoms with Crippen LogP contribution in [-0.2, 0) is 4.79 Å². The van der Waals surface area contributed by atoms with E-state index in [1.807, 2.05) is 72.2 Å². The number of rotatable bonds is 6. The molecule has 31 heavy (non-hydrogen) atoms. The molecule has 0 spiro atoms. The van der Waals surface area contributed by atoms with Gasteiger partial charge in [-0.25, -0.2) is 0 Å². The Morgan fingerprint density at radius 3 is 2.55 bits per heavy atom. The van der Waals surface area contributed by atoms with E-state index in [-0.39, 0.29) is 11.7 Å². The number of carbonyl (C=O) groups excluding carboxylic acids is 1. The van der Waals surface area contributed by atoms with E-state index in [0.717, 1.165) is 38.4 Å². The summed E-state index contributed by atoms with van der Waals surface area (Å²) in [6.45, 7) is 4.02. The van der Waals surface area contributed by atoms with Crippen LogP contribution in [-0.4, -0.2) is 26.4 Å². The van der Waals surface area contributed by atoms with E-state index >= 15 is 0 Å². The molecule has 1 aromatic heterocycles. The van der Waals surface area contributed by atoms with E-state index in [4.69, 9.17) is 0 Å². The van der Waals surface area contributed by atoms with Crippen LogP contribution in [0.2, 0.25) is 0 Å². The van der Waals surface area contributed by atoms with Gasteiger partial charge < -0.3 is 5.32 Å². The molecule has 0 saturated carbocycles. The number of thioether (sulfide) groups is 1. The number of amides is 1. The molecule has 4 aromatic rings. The molecule has 1 amide bonds. The van der Waals surface area contributed by atoms with Crippen LogP contribution in [0, 0.1) is 13.8 Å². The Labute approximate surface area is 194 Å². The number of aromatic nitrogens is 3. The highest BCUT2D eigenvalue weighted by Crippen LogP contribution is 2.28. The summed E-state index contributed by atoms with van der Waals surface area (Å²) in [6.07, 6.45) is 0. The first kappa shape index (κ1) is 21.3. The van der Waals surface area contributed by atoms with Crippen molar-refractivity contribution in [3.05, 3.63) is 88.4 Å². The standard InChI is InChI=1S/C24H21BrN4OS/c1-16-7-6-8-18(13-16)23-27-28-24(29(23)20-9-4-3-5-10-20)31-15-22(30)26-21-12-11-19(25)14-17(21)2/h3-14H,15H2,1-2H3,(H,26,30). The summed E-state index contributed by atoms with van der Waals surface area (Å²) in [4.78, 5) is 12.6. The van der Waals surface area contributed by atoms with Crippen molar-refractivity contribution in [2.45, 2.75) is 19.0 Å². The van der Waals surface area contributed by atoms with Crippen LogP contribution >= 0.6 is 27.7 Å². The minimum Gasteiger partial charge on any atom is -0.325 e. The number of carbonyl (C=O) groups is 1. The second kappa shape index (κ2) is 9.49. The van der Waals surface area contributed by atoms with Gasteiger partial charge in [0.2, 0.25) is 5.91 Å². The van der Waals surface area contributed by atoms with Crippen molar-refractivity contribution < 1.29 is 4.79 Å². The minimum absolute atomic E-state index is 0.0878. The second-order valence-corrected chi connectivity index (χ2v) is 9.00. The molecular formula is C24H21BrN4OS. The first-order chi connectivity index (χ1) is 15.0. The summed E-state index contributed by atoms with van der Waals surface area (Å²) >= 11 is 4.81. The fourth-order valence-corrected chi connectivity index (χ4v) is 4.46. The molecule has 3 aromatic carbocycles. The Morgan fingerprint density at radius 1 is 1.00 bits per heavy atom. The van der Waals surface area contributed by atoms with Gasteiger partial charge in [-0.15, -0.1) is 10.2 Å². The molecule has 0 atom stereocenters. The molecule has 1 heterocycles. The average molecular weight is 493 g/mol. The normalized spacial score (nSPS) is 10.8. The molecule has 156 valence electrons. The lowest BCUT2D eigenvalue weighted by Crippen LogP contribution is -2.15. The van der Waals surface area contributed by atoms with Crippen molar-refractivity contribution in [2.75, 3.05) is 11.1 Å². The van der Waals surface area contributed by atoms with Gasteiger partial charge in [-0.1, -0.05) is 69.7 Å². The topological polar surface area (TPSA) is 59.8 Å². The van der Waals surface area contributed by atoms with Crippen molar-refractivity contribution in [2.24, 2.45) is 0 Å². The van der Waals surface area contributed by atoms with Crippen molar-refractivity contribution in [1.29, 1.82) is 0 Å². The van der Waals surface area contributed by atoms with E-state index in [1.165, 1.54) is 11.8 Å². The lowest BCUT2D eigenvalue weighted by Gasteiger charge is -2.11. The van der Waals surface area contributed by atoms with Crippen molar-refractivity contribution in [3.63, 3.8) is 0 Å². The summed E-state index contributed by atoms with van der Waals surface area (Å²) < 4.78 is 2.98. The van der Waals surface area contributed by atoms with Gasteiger partial charge >= 0.3 is 0 Å². The molecule has 0 unspecified atom stereocenters. The maximum absolute atomic E-state index is 12.6. The van der Waals surface area contributed by atoms with Gasteiger partial charge in [-0.2, -0.15) is 0 Å². The molecule has 0 aliphatic carbocycles. The maximum atomic E-state index is 12.6. The SMILES string of the molecule is Cc1cccc(-c2nnc(SCC(=O)Nc3ccc(Br)cc3C)n2-c2ccccc2)c1. The third-order valence-corrected chi connectivity index (χ3v) is 6.14. The van der Waals surface area contributed by atoms with E-state index < -0.39 is 0 Å². The number of benzene rings is 3. The summed E-state index contributed by atoms with van der Waals surface area (Å²) in [7, 11) is 0. The molecule has 0 saturated heterocycles. The number of halogens is 1. The lowest BCUT2D eigenvalue weighted by molar-refractivity contribution is -0.113. The molecule has 7 heteroatoms. The highest BCUT2D eigenvalue weighted by Gasteiger charge is 2.17. The van der Waals surface area contributed by atoms with Crippen molar-refractivity contribution in [1.82, 2.24) is 14.8 Å². The molecule has 5 nitrogen and oxygen atoms in total. The zero-order valence-corrected chi connectivity index (χ0v) is 19.6. The van der Waals surface area contributed by atoms with Crippen molar-refractivity contribution in [3.8, 4) is 17.1 Å². The Kier molecular flexibility index (Phi) is 6.53. The van der Waals surface area contributed by atoms with Gasteiger partial charge in [-0.05, 0) is 55.8 Å². The number of nitrogens with one attached hydrogen (secondary N) is 1. The van der Waals surface area contributed by atoms with E-state index in [2.05, 4.69) is 50.5 Å². The highest BCUT2D eigenvalue weighted by molar-refractivity contribution is 9.10. The Balaban J connectivity index is 1.59. The van der Waals surface area contributed by atoms with Gasteiger partial charge in [-0.3, -0.25) is 9.36 Å². The predicted octanol–water partition coefficient (Wildman–Crippen LogP) is 6.04. The fourth-order valence-electron chi connectivity index (χ4n) is 3.23. The van der Waals surface area contributed by atoms with Crippen LogP contribution in [0.3, 0.4) is 0 Å². The molecule has 0 fully saturated rings. The summed E-state index contributed by atoms with van der Waals surface area (Å²) in [6, 6.07) is 23.9. The minimum atomic E-state index is -0.0878. The van der Waals surface area contributed by atoms with Gasteiger partial charge in [0.25, 0.3) is 0 Å². The van der Waals surface area contributed by atoms with E-state index in [9.17, 15) is 4.79 Å². The molecule has 0 bridgehead atoms. The van der Waals surface area contributed by atoms with Crippen LogP contribution in [0.5, 0.6) is 0 Å². The third-order valence-electron chi connectivity index (χ3n) is 4.72. The van der Waals surface area contributed by atoms with Gasteiger partial charge in [0.15, 0.2) is 11.0 Å². The van der Waals surface area contributed by atoms with Crippen molar-refractivity contribution >= 4 is 39.3 Å². The van der Waals surface area contributed by atoms with Gasteiger partial charge in [0, 0.05) is 21.4 Å². The number of para-hydroxylation sites is 1. The number of hydrogen-bond acceptors (Lipinski definition) is 4. The molecule has 0 aliphatic heterocycles. The van der Waals surface area contributed by atoms with Crippen LogP contribution in [0.25, 0.3) is 17.1 Å². The fraction of sp³-hybridized carbons (Fsp3) is 0.125. The average Bonchev–Trinajstić information content (AvgIpc) is 3.19. The summed E-state index contributed by atoms with van der Waals surface area (Å²) in [5.74, 6) is 0.894. The number of hydrogen-bond donors (Lipinski definition) is 1. The number of nitrogens with zero attached hydrogens (tertiary/aromatic N) is 3. The molecule has 4 rings (SSSR count). The quantitative estimate of drug-likeness (QED) is 0.333. The summed E-state index contributed by atoms with van der Waals surface area (Å²) in [5.41, 5.74) is 4.90. The van der Waals surface area contributed by atoms with Crippen LogP contribution in [0.4, 0.5) is 5.69 Å². The van der Waals surface area contributed by atoms with Crippen LogP contribution in [0.15, 0.2) is 82.4 Å². The number of aryl methyl sites for hydroxylation is 2.